The highest BCUT2D eigenvalue weighted by Gasteiger charge is 2.14. The lowest BCUT2D eigenvalue weighted by atomic mass is 10.1. The standard InChI is InChI=1S/C34H35N3O4/c1-37(22-24-16-19-30(40-2)31(21-24)41-3)20-7-6-9-23-14-17-25(18-15-23)35-34(39)28-12-8-11-27-32(28)36-29-13-5-4-10-26(29)33(27)38/h4-5,8,10-19,21H,6-7,9,20,22H2,1-3H3,(H,35,39)(H,36,38). The summed E-state index contributed by atoms with van der Waals surface area (Å²) in [5, 5.41) is 4.09. The fourth-order valence-electron chi connectivity index (χ4n) is 5.17. The van der Waals surface area contributed by atoms with E-state index < -0.39 is 0 Å². The lowest BCUT2D eigenvalue weighted by Gasteiger charge is -2.18. The SMILES string of the molecule is COc1ccc(CN(C)CCCCc2ccc(NC(=O)c3cccc4c(=O)c5ccccc5[nH]c34)cc2)cc1OC. The number of unbranched alkanes of at least 4 members (excludes halogenated alkanes) is 1. The van der Waals surface area contributed by atoms with Gasteiger partial charge in [0, 0.05) is 28.5 Å². The van der Waals surface area contributed by atoms with Gasteiger partial charge in [0.25, 0.3) is 5.91 Å². The zero-order chi connectivity index (χ0) is 28.8. The van der Waals surface area contributed by atoms with Gasteiger partial charge >= 0.3 is 0 Å². The largest absolute Gasteiger partial charge is 0.493 e. The van der Waals surface area contributed by atoms with Gasteiger partial charge in [0.2, 0.25) is 0 Å². The third-order valence-electron chi connectivity index (χ3n) is 7.35. The van der Waals surface area contributed by atoms with Crippen molar-refractivity contribution in [3.8, 4) is 11.5 Å². The van der Waals surface area contributed by atoms with Gasteiger partial charge in [0.1, 0.15) is 0 Å². The van der Waals surface area contributed by atoms with Crippen LogP contribution in [0.3, 0.4) is 0 Å². The molecule has 7 heteroatoms. The van der Waals surface area contributed by atoms with Gasteiger partial charge in [-0.05, 0) is 92.5 Å². The predicted octanol–water partition coefficient (Wildman–Crippen LogP) is 6.41. The van der Waals surface area contributed by atoms with Crippen LogP contribution in [0, 0.1) is 0 Å². The minimum atomic E-state index is -0.258. The average molecular weight is 550 g/mol. The summed E-state index contributed by atoms with van der Waals surface area (Å²) in [6, 6.07) is 26.6. The number of aromatic nitrogens is 1. The summed E-state index contributed by atoms with van der Waals surface area (Å²) in [6.07, 6.45) is 3.12. The lowest BCUT2D eigenvalue weighted by molar-refractivity contribution is 0.102. The number of H-pyrrole nitrogens is 1. The normalized spacial score (nSPS) is 11.2. The van der Waals surface area contributed by atoms with Crippen molar-refractivity contribution >= 4 is 33.4 Å². The van der Waals surface area contributed by atoms with Crippen molar-refractivity contribution in [1.82, 2.24) is 9.88 Å². The molecule has 41 heavy (non-hydrogen) atoms. The number of benzene rings is 4. The molecule has 1 aromatic heterocycles. The quantitative estimate of drug-likeness (QED) is 0.147. The second kappa shape index (κ2) is 12.7. The minimum Gasteiger partial charge on any atom is -0.493 e. The van der Waals surface area contributed by atoms with E-state index in [2.05, 4.69) is 40.4 Å². The van der Waals surface area contributed by atoms with E-state index in [0.717, 1.165) is 43.9 Å². The second-order valence-corrected chi connectivity index (χ2v) is 10.3. The summed E-state index contributed by atoms with van der Waals surface area (Å²) in [4.78, 5) is 31.7. The summed E-state index contributed by atoms with van der Waals surface area (Å²) in [5.41, 5.74) is 4.74. The van der Waals surface area contributed by atoms with Crippen molar-refractivity contribution in [3.63, 3.8) is 0 Å². The molecule has 0 radical (unpaired) electrons. The first-order valence-electron chi connectivity index (χ1n) is 13.8. The number of amides is 1. The highest BCUT2D eigenvalue weighted by atomic mass is 16.5. The Labute approximate surface area is 239 Å². The first-order chi connectivity index (χ1) is 20.0. The molecule has 7 nitrogen and oxygen atoms in total. The molecule has 0 atom stereocenters. The summed E-state index contributed by atoms with van der Waals surface area (Å²) in [5.74, 6) is 1.23. The number of anilines is 1. The number of nitrogens with zero attached hydrogens (tertiary/aromatic N) is 1. The van der Waals surface area contributed by atoms with Gasteiger partial charge in [-0.3, -0.25) is 9.59 Å². The van der Waals surface area contributed by atoms with Crippen LogP contribution >= 0.6 is 0 Å². The number of hydrogen-bond donors (Lipinski definition) is 2. The maximum Gasteiger partial charge on any atom is 0.257 e. The Hall–Kier alpha value is -4.62. The van der Waals surface area contributed by atoms with Crippen molar-refractivity contribution in [2.75, 3.05) is 33.1 Å². The van der Waals surface area contributed by atoms with E-state index in [0.29, 0.717) is 33.1 Å². The molecule has 0 spiro atoms. The number of para-hydroxylation sites is 2. The molecule has 0 saturated heterocycles. The molecule has 0 bridgehead atoms. The smallest absolute Gasteiger partial charge is 0.257 e. The fourth-order valence-corrected chi connectivity index (χ4v) is 5.17. The van der Waals surface area contributed by atoms with Crippen molar-refractivity contribution in [3.05, 3.63) is 112 Å². The number of methoxy groups -OCH3 is 2. The molecule has 2 N–H and O–H groups in total. The van der Waals surface area contributed by atoms with Crippen molar-refractivity contribution < 1.29 is 14.3 Å². The molecule has 0 unspecified atom stereocenters. The Bertz CT molecular complexity index is 1730. The Balaban J connectivity index is 1.14. The Kier molecular flexibility index (Phi) is 8.65. The maximum atomic E-state index is 13.2. The predicted molar refractivity (Wildman–Crippen MR) is 165 cm³/mol. The molecule has 5 rings (SSSR count). The molecule has 1 amide bonds. The number of fused-ring (bicyclic) bond motifs is 2. The highest BCUT2D eigenvalue weighted by molar-refractivity contribution is 6.13. The summed E-state index contributed by atoms with van der Waals surface area (Å²) in [6.45, 7) is 1.83. The molecule has 0 aliphatic carbocycles. The fraction of sp³-hybridized carbons (Fsp3) is 0.235. The number of aromatic amines is 1. The van der Waals surface area contributed by atoms with Gasteiger partial charge in [-0.1, -0.05) is 36.4 Å². The van der Waals surface area contributed by atoms with E-state index in [1.54, 1.807) is 38.5 Å². The summed E-state index contributed by atoms with van der Waals surface area (Å²) in [7, 11) is 5.43. The van der Waals surface area contributed by atoms with Crippen molar-refractivity contribution in [1.29, 1.82) is 0 Å². The number of ether oxygens (including phenoxy) is 2. The molecule has 0 fully saturated rings. The van der Waals surface area contributed by atoms with E-state index in [-0.39, 0.29) is 11.3 Å². The van der Waals surface area contributed by atoms with Gasteiger partial charge in [0.05, 0.1) is 25.3 Å². The molecule has 0 saturated carbocycles. The van der Waals surface area contributed by atoms with Gasteiger partial charge in [0.15, 0.2) is 16.9 Å². The molecular weight excluding hydrogens is 514 g/mol. The number of carbonyl (C=O) groups is 1. The third-order valence-corrected chi connectivity index (χ3v) is 7.35. The van der Waals surface area contributed by atoms with Gasteiger partial charge < -0.3 is 24.7 Å². The number of rotatable bonds is 11. The van der Waals surface area contributed by atoms with Crippen LogP contribution in [0.2, 0.25) is 0 Å². The van der Waals surface area contributed by atoms with E-state index in [1.165, 1.54) is 11.1 Å². The van der Waals surface area contributed by atoms with Gasteiger partial charge in [-0.15, -0.1) is 0 Å². The minimum absolute atomic E-state index is 0.0829. The van der Waals surface area contributed by atoms with Crippen LogP contribution in [0.25, 0.3) is 21.8 Å². The Morgan fingerprint density at radius 1 is 0.829 bits per heavy atom. The van der Waals surface area contributed by atoms with Crippen LogP contribution in [0.15, 0.2) is 89.7 Å². The Morgan fingerprint density at radius 2 is 1.56 bits per heavy atom. The summed E-state index contributed by atoms with van der Waals surface area (Å²) >= 11 is 0. The van der Waals surface area contributed by atoms with Crippen LogP contribution in [0.4, 0.5) is 5.69 Å². The van der Waals surface area contributed by atoms with Crippen LogP contribution in [-0.4, -0.2) is 43.6 Å². The van der Waals surface area contributed by atoms with Gasteiger partial charge in [-0.2, -0.15) is 0 Å². The number of carbonyl (C=O) groups excluding carboxylic acids is 1. The maximum absolute atomic E-state index is 13.2. The number of hydrogen-bond acceptors (Lipinski definition) is 5. The number of nitrogens with one attached hydrogen (secondary N) is 2. The topological polar surface area (TPSA) is 83.7 Å². The lowest BCUT2D eigenvalue weighted by Crippen LogP contribution is -2.19. The molecule has 0 aliphatic rings. The molecule has 4 aromatic carbocycles. The second-order valence-electron chi connectivity index (χ2n) is 10.3. The monoisotopic (exact) mass is 549 g/mol. The van der Waals surface area contributed by atoms with Crippen molar-refractivity contribution in [2.24, 2.45) is 0 Å². The van der Waals surface area contributed by atoms with Crippen molar-refractivity contribution in [2.45, 2.75) is 25.8 Å². The molecule has 5 aromatic rings. The van der Waals surface area contributed by atoms with Crippen LogP contribution in [0.1, 0.15) is 34.3 Å². The first kappa shape index (κ1) is 27.9. The van der Waals surface area contributed by atoms with Gasteiger partial charge in [-0.25, -0.2) is 0 Å². The number of aryl methyl sites for hydroxylation is 1. The van der Waals surface area contributed by atoms with Crippen LogP contribution in [0.5, 0.6) is 11.5 Å². The van der Waals surface area contributed by atoms with Crippen LogP contribution in [-0.2, 0) is 13.0 Å². The zero-order valence-corrected chi connectivity index (χ0v) is 23.7. The van der Waals surface area contributed by atoms with E-state index in [1.807, 2.05) is 42.5 Å². The molecular formula is C34H35N3O4. The number of pyridine rings is 1. The molecule has 210 valence electrons. The van der Waals surface area contributed by atoms with E-state index in [4.69, 9.17) is 9.47 Å². The Morgan fingerprint density at radius 3 is 2.34 bits per heavy atom. The third kappa shape index (κ3) is 6.42. The summed E-state index contributed by atoms with van der Waals surface area (Å²) < 4.78 is 10.7. The van der Waals surface area contributed by atoms with E-state index >= 15 is 0 Å². The molecule has 1 heterocycles. The first-order valence-corrected chi connectivity index (χ1v) is 13.8. The van der Waals surface area contributed by atoms with Crippen LogP contribution < -0.4 is 20.2 Å². The average Bonchev–Trinajstić information content (AvgIpc) is 3.00. The van der Waals surface area contributed by atoms with E-state index in [9.17, 15) is 9.59 Å². The highest BCUT2D eigenvalue weighted by Crippen LogP contribution is 2.28. The molecule has 0 aliphatic heterocycles. The zero-order valence-electron chi connectivity index (χ0n) is 23.7.